The van der Waals surface area contributed by atoms with Crippen LogP contribution in [0.25, 0.3) is 0 Å². The van der Waals surface area contributed by atoms with Crippen LogP contribution in [-0.2, 0) is 4.79 Å². The van der Waals surface area contributed by atoms with Gasteiger partial charge in [-0.15, -0.1) is 13.2 Å². The number of ketones is 1. The van der Waals surface area contributed by atoms with Crippen LogP contribution in [0.3, 0.4) is 0 Å². The van der Waals surface area contributed by atoms with E-state index in [2.05, 4.69) is 25.3 Å². The van der Waals surface area contributed by atoms with Gasteiger partial charge in [-0.2, -0.15) is 0 Å². The first-order valence-corrected chi connectivity index (χ1v) is 6.66. The van der Waals surface area contributed by atoms with Crippen LogP contribution < -0.4 is 0 Å². The van der Waals surface area contributed by atoms with E-state index < -0.39 is 0 Å². The zero-order valence-electron chi connectivity index (χ0n) is 10.3. The van der Waals surface area contributed by atoms with Crippen molar-refractivity contribution in [2.24, 2.45) is 29.1 Å². The summed E-state index contributed by atoms with van der Waals surface area (Å²) in [5, 5.41) is 0. The van der Waals surface area contributed by atoms with Crippen LogP contribution >= 0.6 is 0 Å². The van der Waals surface area contributed by atoms with Crippen LogP contribution in [-0.4, -0.2) is 5.78 Å². The van der Waals surface area contributed by atoms with Crippen molar-refractivity contribution >= 4 is 5.78 Å². The van der Waals surface area contributed by atoms with Crippen molar-refractivity contribution in [3.05, 3.63) is 37.5 Å². The summed E-state index contributed by atoms with van der Waals surface area (Å²) in [4.78, 5) is 12.7. The maximum absolute atomic E-state index is 12.7. The monoisotopic (exact) mass is 228 g/mol. The van der Waals surface area contributed by atoms with Gasteiger partial charge in [0.2, 0.25) is 0 Å². The molecule has 1 heteroatoms. The summed E-state index contributed by atoms with van der Waals surface area (Å²) < 4.78 is 0. The maximum atomic E-state index is 12.7. The molecule has 0 N–H and O–H groups in total. The lowest BCUT2D eigenvalue weighted by molar-refractivity contribution is -0.129. The molecule has 0 heterocycles. The van der Waals surface area contributed by atoms with Crippen molar-refractivity contribution in [2.45, 2.75) is 25.7 Å². The van der Waals surface area contributed by atoms with E-state index in [0.29, 0.717) is 29.5 Å². The molecule has 3 aliphatic rings. The summed E-state index contributed by atoms with van der Waals surface area (Å²) in [5.74, 6) is 2.63. The Hall–Kier alpha value is -1.11. The Morgan fingerprint density at radius 3 is 2.47 bits per heavy atom. The van der Waals surface area contributed by atoms with Gasteiger partial charge in [-0.05, 0) is 43.4 Å². The summed E-state index contributed by atoms with van der Waals surface area (Å²) in [6.45, 7) is 7.66. The lowest BCUT2D eigenvalue weighted by Crippen LogP contribution is -2.29. The SMILES string of the molecule is C=CCC1(CC=C)C[C@@H]2C3C=CC(C3)[C@@H]2C1=O. The van der Waals surface area contributed by atoms with E-state index in [1.165, 1.54) is 6.42 Å². The first-order chi connectivity index (χ1) is 8.22. The second-order valence-corrected chi connectivity index (χ2v) is 5.97. The molecule has 4 atom stereocenters. The Balaban J connectivity index is 1.93. The van der Waals surface area contributed by atoms with Gasteiger partial charge in [0.05, 0.1) is 0 Å². The van der Waals surface area contributed by atoms with Gasteiger partial charge in [0.25, 0.3) is 0 Å². The molecule has 17 heavy (non-hydrogen) atoms. The minimum absolute atomic E-state index is 0.165. The van der Waals surface area contributed by atoms with Crippen molar-refractivity contribution in [3.63, 3.8) is 0 Å². The third-order valence-electron chi connectivity index (χ3n) is 5.14. The molecule has 90 valence electrons. The van der Waals surface area contributed by atoms with Crippen LogP contribution in [0.15, 0.2) is 37.5 Å². The molecule has 0 aromatic rings. The molecule has 0 aromatic heterocycles. The average molecular weight is 228 g/mol. The van der Waals surface area contributed by atoms with Crippen LogP contribution in [0.5, 0.6) is 0 Å². The smallest absolute Gasteiger partial charge is 0.143 e. The largest absolute Gasteiger partial charge is 0.299 e. The molecule has 0 radical (unpaired) electrons. The predicted octanol–water partition coefficient (Wildman–Crippen LogP) is 3.54. The van der Waals surface area contributed by atoms with E-state index in [0.717, 1.165) is 19.3 Å². The van der Waals surface area contributed by atoms with E-state index in [4.69, 9.17) is 0 Å². The van der Waals surface area contributed by atoms with E-state index in [1.807, 2.05) is 12.2 Å². The number of hydrogen-bond donors (Lipinski definition) is 0. The highest BCUT2D eigenvalue weighted by Gasteiger charge is 2.59. The highest BCUT2D eigenvalue weighted by atomic mass is 16.1. The van der Waals surface area contributed by atoms with Crippen LogP contribution in [0.4, 0.5) is 0 Å². The topological polar surface area (TPSA) is 17.1 Å². The fraction of sp³-hybridized carbons (Fsp3) is 0.562. The molecule has 2 unspecified atom stereocenters. The summed E-state index contributed by atoms with van der Waals surface area (Å²) >= 11 is 0. The number of carbonyl (C=O) groups excluding carboxylic acids is 1. The van der Waals surface area contributed by atoms with Gasteiger partial charge in [-0.25, -0.2) is 0 Å². The number of carbonyl (C=O) groups is 1. The zero-order chi connectivity index (χ0) is 12.0. The summed E-state index contributed by atoms with van der Waals surface area (Å²) in [7, 11) is 0. The number of Topliss-reactive ketones (excluding diaryl/α,β-unsaturated/α-hetero) is 1. The molecule has 3 rings (SSSR count). The first kappa shape index (κ1) is 11.0. The zero-order valence-corrected chi connectivity index (χ0v) is 10.3. The van der Waals surface area contributed by atoms with Gasteiger partial charge in [-0.3, -0.25) is 4.79 Å². The van der Waals surface area contributed by atoms with Gasteiger partial charge in [0.1, 0.15) is 5.78 Å². The molecular formula is C16H20O. The number of fused-ring (bicyclic) bond motifs is 5. The number of allylic oxidation sites excluding steroid dienone is 4. The molecule has 1 nitrogen and oxygen atoms in total. The Morgan fingerprint density at radius 1 is 1.24 bits per heavy atom. The van der Waals surface area contributed by atoms with Crippen molar-refractivity contribution in [2.75, 3.05) is 0 Å². The normalized spacial score (nSPS) is 40.6. The number of rotatable bonds is 4. The molecule has 0 amide bonds. The quantitative estimate of drug-likeness (QED) is 0.673. The first-order valence-electron chi connectivity index (χ1n) is 6.66. The molecule has 0 saturated heterocycles. The minimum atomic E-state index is -0.165. The number of hydrogen-bond acceptors (Lipinski definition) is 1. The van der Waals surface area contributed by atoms with E-state index in [9.17, 15) is 4.79 Å². The van der Waals surface area contributed by atoms with Crippen molar-refractivity contribution in [1.29, 1.82) is 0 Å². The van der Waals surface area contributed by atoms with E-state index >= 15 is 0 Å². The highest BCUT2D eigenvalue weighted by molar-refractivity contribution is 5.91. The van der Waals surface area contributed by atoms with Gasteiger partial charge in [-0.1, -0.05) is 24.3 Å². The Labute approximate surface area is 103 Å². The summed E-state index contributed by atoms with van der Waals surface area (Å²) in [5.41, 5.74) is -0.165. The van der Waals surface area contributed by atoms with Gasteiger partial charge in [0, 0.05) is 11.3 Å². The summed E-state index contributed by atoms with van der Waals surface area (Å²) in [6, 6.07) is 0. The second-order valence-electron chi connectivity index (χ2n) is 5.97. The van der Waals surface area contributed by atoms with Crippen molar-refractivity contribution < 1.29 is 4.79 Å². The molecule has 2 saturated carbocycles. The Morgan fingerprint density at radius 2 is 1.88 bits per heavy atom. The third-order valence-corrected chi connectivity index (χ3v) is 5.14. The standard InChI is InChI=1S/C16H20O/c1-3-7-16(8-4-2)10-13-11-5-6-12(9-11)14(13)15(16)17/h3-6,11-14H,1-2,7-10H2/t11?,12?,13-,14+/m1/s1. The van der Waals surface area contributed by atoms with E-state index in [-0.39, 0.29) is 5.41 Å². The molecule has 0 spiro atoms. The fourth-order valence-electron chi connectivity index (χ4n) is 4.50. The maximum Gasteiger partial charge on any atom is 0.143 e. The average Bonchev–Trinajstić information content (AvgIpc) is 2.94. The molecule has 2 bridgehead atoms. The lowest BCUT2D eigenvalue weighted by atomic mass is 9.76. The summed E-state index contributed by atoms with van der Waals surface area (Å²) in [6.07, 6.45) is 12.4. The molecule has 0 aliphatic heterocycles. The van der Waals surface area contributed by atoms with Gasteiger partial charge < -0.3 is 0 Å². The van der Waals surface area contributed by atoms with Gasteiger partial charge in [0.15, 0.2) is 0 Å². The third kappa shape index (κ3) is 1.34. The van der Waals surface area contributed by atoms with E-state index in [1.54, 1.807) is 0 Å². The highest BCUT2D eigenvalue weighted by Crippen LogP contribution is 2.60. The molecule has 0 aromatic carbocycles. The van der Waals surface area contributed by atoms with Crippen molar-refractivity contribution in [1.82, 2.24) is 0 Å². The lowest BCUT2D eigenvalue weighted by Gasteiger charge is -2.26. The fourth-order valence-corrected chi connectivity index (χ4v) is 4.50. The van der Waals surface area contributed by atoms with Crippen LogP contribution in [0.1, 0.15) is 25.7 Å². The second kappa shape index (κ2) is 3.69. The molecule has 3 aliphatic carbocycles. The minimum Gasteiger partial charge on any atom is -0.299 e. The predicted molar refractivity (Wildman–Crippen MR) is 69.4 cm³/mol. The Bertz CT molecular complexity index is 394. The van der Waals surface area contributed by atoms with Crippen molar-refractivity contribution in [3.8, 4) is 0 Å². The van der Waals surface area contributed by atoms with Gasteiger partial charge >= 0.3 is 0 Å². The van der Waals surface area contributed by atoms with Crippen LogP contribution in [0.2, 0.25) is 0 Å². The Kier molecular flexibility index (Phi) is 2.39. The molecule has 2 fully saturated rings. The molecular weight excluding hydrogens is 208 g/mol. The van der Waals surface area contributed by atoms with Crippen LogP contribution in [0, 0.1) is 29.1 Å².